The number of carbonyl (C=O) groups excluding carboxylic acids is 1. The number of hydrogen-bond acceptors (Lipinski definition) is 4. The molecule has 4 aromatic rings. The predicted molar refractivity (Wildman–Crippen MR) is 134 cm³/mol. The molecule has 0 aliphatic heterocycles. The van der Waals surface area contributed by atoms with Crippen molar-refractivity contribution in [1.29, 1.82) is 0 Å². The van der Waals surface area contributed by atoms with Crippen molar-refractivity contribution in [3.05, 3.63) is 101 Å². The Morgan fingerprint density at radius 3 is 2.52 bits per heavy atom. The van der Waals surface area contributed by atoms with E-state index in [4.69, 9.17) is 9.84 Å². The molecule has 33 heavy (non-hydrogen) atoms. The Balaban J connectivity index is 1.53. The summed E-state index contributed by atoms with van der Waals surface area (Å²) in [5.74, 6) is 0.302. The third-order valence-electron chi connectivity index (χ3n) is 4.93. The molecule has 3 aromatic carbocycles. The van der Waals surface area contributed by atoms with Crippen LogP contribution in [-0.2, 0) is 4.79 Å². The number of benzene rings is 3. The molecule has 1 atom stereocenters. The van der Waals surface area contributed by atoms with E-state index in [-0.39, 0.29) is 5.91 Å². The van der Waals surface area contributed by atoms with Gasteiger partial charge in [-0.2, -0.15) is 10.2 Å². The van der Waals surface area contributed by atoms with Gasteiger partial charge in [-0.3, -0.25) is 4.79 Å². The van der Waals surface area contributed by atoms with Crippen LogP contribution in [0.4, 0.5) is 0 Å². The Morgan fingerprint density at radius 2 is 1.82 bits per heavy atom. The molecule has 0 spiro atoms. The van der Waals surface area contributed by atoms with Crippen LogP contribution in [0.15, 0.2) is 101 Å². The average molecular weight is 503 g/mol. The third kappa shape index (κ3) is 5.75. The topological polar surface area (TPSA) is 68.5 Å². The van der Waals surface area contributed by atoms with Crippen molar-refractivity contribution in [2.45, 2.75) is 19.4 Å². The number of aromatic nitrogens is 2. The molecule has 6 nitrogen and oxygen atoms in total. The molecule has 0 saturated heterocycles. The van der Waals surface area contributed by atoms with Crippen molar-refractivity contribution in [3.63, 3.8) is 0 Å². The van der Waals surface area contributed by atoms with Crippen LogP contribution in [0.3, 0.4) is 0 Å². The van der Waals surface area contributed by atoms with Gasteiger partial charge in [0.05, 0.1) is 11.9 Å². The maximum atomic E-state index is 12.7. The Hall–Kier alpha value is -3.71. The van der Waals surface area contributed by atoms with Crippen molar-refractivity contribution in [3.8, 4) is 22.7 Å². The van der Waals surface area contributed by atoms with Crippen LogP contribution in [0, 0.1) is 0 Å². The van der Waals surface area contributed by atoms with E-state index in [9.17, 15) is 4.79 Å². The van der Waals surface area contributed by atoms with Gasteiger partial charge in [0.15, 0.2) is 6.10 Å². The lowest BCUT2D eigenvalue weighted by Gasteiger charge is -2.15. The maximum absolute atomic E-state index is 12.7. The van der Waals surface area contributed by atoms with Crippen molar-refractivity contribution in [1.82, 2.24) is 15.2 Å². The van der Waals surface area contributed by atoms with E-state index in [0.717, 1.165) is 27.0 Å². The van der Waals surface area contributed by atoms with Crippen LogP contribution in [0.5, 0.6) is 5.75 Å². The summed E-state index contributed by atoms with van der Waals surface area (Å²) in [4.78, 5) is 12.7. The molecule has 0 aliphatic carbocycles. The molecule has 0 radical (unpaired) electrons. The second kappa shape index (κ2) is 10.7. The van der Waals surface area contributed by atoms with Crippen molar-refractivity contribution >= 4 is 28.1 Å². The van der Waals surface area contributed by atoms with Gasteiger partial charge in [-0.15, -0.1) is 0 Å². The number of nitrogens with zero attached hydrogens (tertiary/aromatic N) is 3. The van der Waals surface area contributed by atoms with Gasteiger partial charge in [-0.1, -0.05) is 77.5 Å². The average Bonchev–Trinajstić information content (AvgIpc) is 3.28. The molecule has 1 amide bonds. The number of hydrogen-bond donors (Lipinski definition) is 1. The SMILES string of the molecule is CCC(Oc1cccc(Br)c1)C(=O)N/N=C\c1cn(-c2ccccc2)nc1-c1ccccc1. The Labute approximate surface area is 201 Å². The summed E-state index contributed by atoms with van der Waals surface area (Å²) in [7, 11) is 0. The molecule has 1 heterocycles. The van der Waals surface area contributed by atoms with E-state index in [1.54, 1.807) is 10.9 Å². The number of nitrogens with one attached hydrogen (secondary N) is 1. The highest BCUT2D eigenvalue weighted by Crippen LogP contribution is 2.23. The number of amides is 1. The standard InChI is InChI=1S/C26H23BrN4O2/c1-2-24(33-23-15-9-12-21(27)16-23)26(32)29-28-17-20-18-31(22-13-7-4-8-14-22)30-25(20)19-10-5-3-6-11-19/h3-18,24H,2H2,1H3,(H,29,32)/b28-17-. The highest BCUT2D eigenvalue weighted by Gasteiger charge is 2.18. The fraction of sp³-hybridized carbons (Fsp3) is 0.115. The minimum Gasteiger partial charge on any atom is -0.481 e. The fourth-order valence-electron chi connectivity index (χ4n) is 3.28. The zero-order valence-corrected chi connectivity index (χ0v) is 19.6. The van der Waals surface area contributed by atoms with Crippen LogP contribution in [0.25, 0.3) is 16.9 Å². The molecule has 1 N–H and O–H groups in total. The summed E-state index contributed by atoms with van der Waals surface area (Å²) in [5, 5.41) is 8.94. The smallest absolute Gasteiger partial charge is 0.281 e. The minimum atomic E-state index is -0.655. The van der Waals surface area contributed by atoms with E-state index < -0.39 is 6.10 Å². The van der Waals surface area contributed by atoms with Gasteiger partial charge in [0.25, 0.3) is 5.91 Å². The number of ether oxygens (including phenoxy) is 1. The summed E-state index contributed by atoms with van der Waals surface area (Å²) in [6.07, 6.45) is 3.35. The van der Waals surface area contributed by atoms with E-state index in [1.807, 2.05) is 98.0 Å². The molecular weight excluding hydrogens is 480 g/mol. The van der Waals surface area contributed by atoms with E-state index >= 15 is 0 Å². The molecule has 7 heteroatoms. The first-order chi connectivity index (χ1) is 16.1. The summed E-state index contributed by atoms with van der Waals surface area (Å²) < 4.78 is 8.52. The van der Waals surface area contributed by atoms with E-state index in [2.05, 4.69) is 26.5 Å². The van der Waals surface area contributed by atoms with Crippen molar-refractivity contribution in [2.24, 2.45) is 5.10 Å². The molecular formula is C26H23BrN4O2. The third-order valence-corrected chi connectivity index (χ3v) is 5.42. The highest BCUT2D eigenvalue weighted by molar-refractivity contribution is 9.10. The van der Waals surface area contributed by atoms with Gasteiger partial charge >= 0.3 is 0 Å². The Morgan fingerprint density at radius 1 is 1.09 bits per heavy atom. The highest BCUT2D eigenvalue weighted by atomic mass is 79.9. The first kappa shape index (κ1) is 22.5. The number of hydrazone groups is 1. The fourth-order valence-corrected chi connectivity index (χ4v) is 3.66. The van der Waals surface area contributed by atoms with E-state index in [0.29, 0.717) is 12.2 Å². The second-order valence-electron chi connectivity index (χ2n) is 7.29. The molecule has 0 bridgehead atoms. The van der Waals surface area contributed by atoms with Crippen LogP contribution in [-0.4, -0.2) is 28.0 Å². The van der Waals surface area contributed by atoms with Crippen molar-refractivity contribution < 1.29 is 9.53 Å². The van der Waals surface area contributed by atoms with Crippen LogP contribution in [0.2, 0.25) is 0 Å². The van der Waals surface area contributed by atoms with Crippen LogP contribution in [0.1, 0.15) is 18.9 Å². The Kier molecular flexibility index (Phi) is 7.32. The van der Waals surface area contributed by atoms with Gasteiger partial charge in [0, 0.05) is 21.8 Å². The van der Waals surface area contributed by atoms with Crippen molar-refractivity contribution in [2.75, 3.05) is 0 Å². The first-order valence-corrected chi connectivity index (χ1v) is 11.4. The molecule has 1 unspecified atom stereocenters. The quantitative estimate of drug-likeness (QED) is 0.251. The Bertz CT molecular complexity index is 1240. The normalized spacial score (nSPS) is 11.9. The monoisotopic (exact) mass is 502 g/mol. The summed E-state index contributed by atoms with van der Waals surface area (Å²) in [6.45, 7) is 1.89. The first-order valence-electron chi connectivity index (χ1n) is 10.6. The molecule has 1 aromatic heterocycles. The maximum Gasteiger partial charge on any atom is 0.281 e. The summed E-state index contributed by atoms with van der Waals surface area (Å²) >= 11 is 3.41. The minimum absolute atomic E-state index is 0.314. The molecule has 166 valence electrons. The van der Waals surface area contributed by atoms with Crippen LogP contribution >= 0.6 is 15.9 Å². The predicted octanol–water partition coefficient (Wildman–Crippen LogP) is 5.61. The van der Waals surface area contributed by atoms with Gasteiger partial charge in [0.1, 0.15) is 11.4 Å². The van der Waals surface area contributed by atoms with Gasteiger partial charge in [0.2, 0.25) is 0 Å². The number of para-hydroxylation sites is 1. The molecule has 0 saturated carbocycles. The molecule has 0 fully saturated rings. The van der Waals surface area contributed by atoms with Gasteiger partial charge in [-0.25, -0.2) is 10.1 Å². The second-order valence-corrected chi connectivity index (χ2v) is 8.20. The van der Waals surface area contributed by atoms with Gasteiger partial charge < -0.3 is 4.74 Å². The lowest BCUT2D eigenvalue weighted by molar-refractivity contribution is -0.128. The summed E-state index contributed by atoms with van der Waals surface area (Å²) in [6, 6.07) is 27.1. The molecule has 0 aliphatic rings. The lowest BCUT2D eigenvalue weighted by atomic mass is 10.1. The number of carbonyl (C=O) groups is 1. The van der Waals surface area contributed by atoms with Crippen LogP contribution < -0.4 is 10.2 Å². The van der Waals surface area contributed by atoms with E-state index in [1.165, 1.54) is 0 Å². The largest absolute Gasteiger partial charge is 0.481 e. The zero-order valence-electron chi connectivity index (χ0n) is 18.1. The lowest BCUT2D eigenvalue weighted by Crippen LogP contribution is -2.35. The number of rotatable bonds is 8. The zero-order chi connectivity index (χ0) is 23.0. The van der Waals surface area contributed by atoms with Gasteiger partial charge in [-0.05, 0) is 36.8 Å². The number of halogens is 1. The summed E-state index contributed by atoms with van der Waals surface area (Å²) in [5.41, 5.74) is 6.06. The molecule has 4 rings (SSSR count).